The lowest BCUT2D eigenvalue weighted by Crippen LogP contribution is -2.34. The van der Waals surface area contributed by atoms with Crippen LogP contribution in [0.2, 0.25) is 0 Å². The molecule has 1 N–H and O–H groups in total. The topological polar surface area (TPSA) is 58.9 Å². The standard InChI is InChI=1S/C21H24N4O2/c1-16-6-4-11-25-14-17(23-20(16)25)15-27-19-8-3-2-7-18(19)21(26)24-12-5-9-22-10-13-24/h2-4,6-8,11,14,22H,5,9-10,12-13,15H2,1H3. The number of pyridine rings is 1. The van der Waals surface area contributed by atoms with E-state index in [1.165, 1.54) is 0 Å². The first kappa shape index (κ1) is 17.5. The van der Waals surface area contributed by atoms with Crippen molar-refractivity contribution in [3.8, 4) is 5.75 Å². The number of imidazole rings is 1. The summed E-state index contributed by atoms with van der Waals surface area (Å²) in [4.78, 5) is 19.5. The Balaban J connectivity index is 1.52. The molecule has 0 atom stereocenters. The van der Waals surface area contributed by atoms with E-state index in [0.29, 0.717) is 17.9 Å². The molecule has 1 amide bonds. The number of fused-ring (bicyclic) bond motifs is 1. The van der Waals surface area contributed by atoms with Crippen molar-refractivity contribution in [2.24, 2.45) is 0 Å². The van der Waals surface area contributed by atoms with Crippen molar-refractivity contribution >= 4 is 11.6 Å². The quantitative estimate of drug-likeness (QED) is 0.773. The van der Waals surface area contributed by atoms with Crippen molar-refractivity contribution in [2.45, 2.75) is 20.0 Å². The fourth-order valence-corrected chi connectivity index (χ4v) is 3.41. The number of rotatable bonds is 4. The molecule has 0 spiro atoms. The molecular formula is C21H24N4O2. The second-order valence-corrected chi connectivity index (χ2v) is 6.83. The Morgan fingerprint density at radius 2 is 2.07 bits per heavy atom. The lowest BCUT2D eigenvalue weighted by Gasteiger charge is -2.21. The highest BCUT2D eigenvalue weighted by Gasteiger charge is 2.20. The van der Waals surface area contributed by atoms with Crippen LogP contribution in [0.25, 0.3) is 5.65 Å². The minimum atomic E-state index is 0.0279. The third kappa shape index (κ3) is 3.80. The zero-order chi connectivity index (χ0) is 18.6. The average molecular weight is 364 g/mol. The van der Waals surface area contributed by atoms with E-state index in [-0.39, 0.29) is 5.91 Å². The summed E-state index contributed by atoms with van der Waals surface area (Å²) in [6, 6.07) is 11.5. The molecule has 27 heavy (non-hydrogen) atoms. The van der Waals surface area contributed by atoms with E-state index in [2.05, 4.69) is 10.3 Å². The molecule has 0 unspecified atom stereocenters. The Hall–Kier alpha value is -2.86. The highest BCUT2D eigenvalue weighted by atomic mass is 16.5. The SMILES string of the molecule is Cc1cccn2cc(COc3ccccc3C(=O)N3CCCNCC3)nc12. The Kier molecular flexibility index (Phi) is 5.07. The van der Waals surface area contributed by atoms with Crippen LogP contribution in [0, 0.1) is 6.92 Å². The first-order valence-electron chi connectivity index (χ1n) is 9.37. The molecule has 0 radical (unpaired) electrons. The smallest absolute Gasteiger partial charge is 0.257 e. The van der Waals surface area contributed by atoms with Gasteiger partial charge in [0.05, 0.1) is 11.3 Å². The molecule has 1 saturated heterocycles. The van der Waals surface area contributed by atoms with E-state index in [9.17, 15) is 4.79 Å². The number of hydrogen-bond donors (Lipinski definition) is 1. The van der Waals surface area contributed by atoms with Gasteiger partial charge in [-0.1, -0.05) is 18.2 Å². The van der Waals surface area contributed by atoms with Gasteiger partial charge in [-0.2, -0.15) is 0 Å². The van der Waals surface area contributed by atoms with Crippen molar-refractivity contribution < 1.29 is 9.53 Å². The second kappa shape index (κ2) is 7.80. The molecule has 4 rings (SSSR count). The van der Waals surface area contributed by atoms with Crippen LogP contribution in [-0.4, -0.2) is 46.4 Å². The number of nitrogens with zero attached hydrogens (tertiary/aromatic N) is 3. The molecule has 6 nitrogen and oxygen atoms in total. The average Bonchev–Trinajstić information content (AvgIpc) is 2.92. The fourth-order valence-electron chi connectivity index (χ4n) is 3.41. The number of aryl methyl sites for hydroxylation is 1. The Morgan fingerprint density at radius 3 is 2.96 bits per heavy atom. The zero-order valence-corrected chi connectivity index (χ0v) is 15.5. The van der Waals surface area contributed by atoms with Crippen LogP contribution < -0.4 is 10.1 Å². The third-order valence-electron chi connectivity index (χ3n) is 4.85. The predicted octanol–water partition coefficient (Wildman–Crippen LogP) is 2.66. The van der Waals surface area contributed by atoms with E-state index >= 15 is 0 Å². The number of benzene rings is 1. The van der Waals surface area contributed by atoms with Gasteiger partial charge in [-0.25, -0.2) is 4.98 Å². The summed E-state index contributed by atoms with van der Waals surface area (Å²) in [5.74, 6) is 0.633. The van der Waals surface area contributed by atoms with Crippen molar-refractivity contribution in [3.63, 3.8) is 0 Å². The van der Waals surface area contributed by atoms with Gasteiger partial charge in [-0.3, -0.25) is 4.79 Å². The molecule has 3 aromatic rings. The molecule has 2 aromatic heterocycles. The van der Waals surface area contributed by atoms with Crippen LogP contribution in [0.4, 0.5) is 0 Å². The van der Waals surface area contributed by atoms with Gasteiger partial charge in [-0.05, 0) is 43.7 Å². The Labute approximate surface area is 158 Å². The fraction of sp³-hybridized carbons (Fsp3) is 0.333. The van der Waals surface area contributed by atoms with E-state index in [4.69, 9.17) is 4.74 Å². The van der Waals surface area contributed by atoms with Crippen LogP contribution in [0.3, 0.4) is 0 Å². The number of hydrogen-bond acceptors (Lipinski definition) is 4. The number of para-hydroxylation sites is 1. The van der Waals surface area contributed by atoms with E-state index in [1.807, 2.05) is 65.0 Å². The largest absolute Gasteiger partial charge is 0.486 e. The normalized spacial score (nSPS) is 14.9. The molecule has 0 saturated carbocycles. The van der Waals surface area contributed by atoms with Crippen molar-refractivity contribution in [1.29, 1.82) is 0 Å². The zero-order valence-electron chi connectivity index (χ0n) is 15.5. The number of carbonyl (C=O) groups is 1. The number of aromatic nitrogens is 2. The lowest BCUT2D eigenvalue weighted by atomic mass is 10.1. The first-order chi connectivity index (χ1) is 13.2. The minimum absolute atomic E-state index is 0.0279. The summed E-state index contributed by atoms with van der Waals surface area (Å²) in [5.41, 5.74) is 3.50. The number of nitrogens with one attached hydrogen (secondary N) is 1. The first-order valence-corrected chi connectivity index (χ1v) is 9.37. The van der Waals surface area contributed by atoms with Gasteiger partial charge in [0.25, 0.3) is 5.91 Å². The minimum Gasteiger partial charge on any atom is -0.486 e. The molecule has 140 valence electrons. The molecule has 6 heteroatoms. The highest BCUT2D eigenvalue weighted by molar-refractivity contribution is 5.97. The van der Waals surface area contributed by atoms with Gasteiger partial charge >= 0.3 is 0 Å². The maximum Gasteiger partial charge on any atom is 0.257 e. The van der Waals surface area contributed by atoms with Gasteiger partial charge in [-0.15, -0.1) is 0 Å². The van der Waals surface area contributed by atoms with Crippen molar-refractivity contribution in [3.05, 3.63) is 65.6 Å². The monoisotopic (exact) mass is 364 g/mol. The molecule has 1 aliphatic rings. The summed E-state index contributed by atoms with van der Waals surface area (Å²) < 4.78 is 7.99. The van der Waals surface area contributed by atoms with Crippen molar-refractivity contribution in [2.75, 3.05) is 26.2 Å². The van der Waals surface area contributed by atoms with Gasteiger partial charge in [0.15, 0.2) is 0 Å². The van der Waals surface area contributed by atoms with E-state index < -0.39 is 0 Å². The molecular weight excluding hydrogens is 340 g/mol. The van der Waals surface area contributed by atoms with Crippen LogP contribution in [0.1, 0.15) is 28.0 Å². The highest BCUT2D eigenvalue weighted by Crippen LogP contribution is 2.22. The molecule has 1 fully saturated rings. The molecule has 0 bridgehead atoms. The molecule has 0 aliphatic carbocycles. The predicted molar refractivity (Wildman–Crippen MR) is 104 cm³/mol. The van der Waals surface area contributed by atoms with E-state index in [0.717, 1.165) is 49.5 Å². The lowest BCUT2D eigenvalue weighted by molar-refractivity contribution is 0.0761. The summed E-state index contributed by atoms with van der Waals surface area (Å²) in [6.45, 7) is 5.64. The molecule has 1 aliphatic heterocycles. The van der Waals surface area contributed by atoms with Crippen molar-refractivity contribution in [1.82, 2.24) is 19.6 Å². The maximum atomic E-state index is 13.0. The summed E-state index contributed by atoms with van der Waals surface area (Å²) in [5, 5.41) is 3.33. The number of amides is 1. The maximum absolute atomic E-state index is 13.0. The molecule has 3 heterocycles. The third-order valence-corrected chi connectivity index (χ3v) is 4.85. The Bertz CT molecular complexity index is 942. The second-order valence-electron chi connectivity index (χ2n) is 6.83. The number of carbonyl (C=O) groups excluding carboxylic acids is 1. The van der Waals surface area contributed by atoms with Crippen LogP contribution in [-0.2, 0) is 6.61 Å². The van der Waals surface area contributed by atoms with Crippen LogP contribution >= 0.6 is 0 Å². The van der Waals surface area contributed by atoms with Crippen LogP contribution in [0.5, 0.6) is 5.75 Å². The summed E-state index contributed by atoms with van der Waals surface area (Å²) in [7, 11) is 0. The Morgan fingerprint density at radius 1 is 1.19 bits per heavy atom. The van der Waals surface area contributed by atoms with Gasteiger partial charge in [0.2, 0.25) is 0 Å². The summed E-state index contributed by atoms with van der Waals surface area (Å²) >= 11 is 0. The molecule has 1 aromatic carbocycles. The van der Waals surface area contributed by atoms with Gasteiger partial charge in [0.1, 0.15) is 18.0 Å². The van der Waals surface area contributed by atoms with Crippen LogP contribution in [0.15, 0.2) is 48.8 Å². The van der Waals surface area contributed by atoms with Gasteiger partial charge < -0.3 is 19.4 Å². The summed E-state index contributed by atoms with van der Waals surface area (Å²) in [6.07, 6.45) is 4.91. The number of ether oxygens (including phenoxy) is 1. The van der Waals surface area contributed by atoms with Gasteiger partial charge in [0, 0.05) is 32.0 Å². The van der Waals surface area contributed by atoms with E-state index in [1.54, 1.807) is 0 Å².